The summed E-state index contributed by atoms with van der Waals surface area (Å²) in [5.41, 5.74) is 6.67. The second-order valence-electron chi connectivity index (χ2n) is 10.9. The molecule has 43 heavy (non-hydrogen) atoms. The molecule has 8 aromatic carbocycles. The van der Waals surface area contributed by atoms with E-state index in [1.165, 1.54) is 10.8 Å². The molecule has 9 rings (SSSR count). The molecular weight excluding hydrogens is 520 g/mol. The van der Waals surface area contributed by atoms with Gasteiger partial charge in [0.05, 0.1) is 6.85 Å². The molecule has 0 atom stereocenters. The second kappa shape index (κ2) is 9.44. The Labute approximate surface area is 256 Å². The molecule has 0 unspecified atom stereocenters. The first-order valence-electron chi connectivity index (χ1n) is 16.9. The van der Waals surface area contributed by atoms with E-state index in [0.717, 1.165) is 65.7 Å². The topological polar surface area (TPSA) is 13.1 Å². The molecule has 0 bridgehead atoms. The van der Waals surface area contributed by atoms with Gasteiger partial charge in [-0.05, 0) is 60.6 Å². The van der Waals surface area contributed by atoms with Gasteiger partial charge in [-0.1, -0.05) is 152 Å². The molecule has 0 aliphatic carbocycles. The zero-order valence-electron chi connectivity index (χ0n) is 28.0. The van der Waals surface area contributed by atoms with Gasteiger partial charge in [-0.2, -0.15) is 0 Å². The van der Waals surface area contributed by atoms with Crippen molar-refractivity contribution in [1.29, 1.82) is 0 Å². The van der Waals surface area contributed by atoms with Crippen LogP contribution in [0.15, 0.2) is 162 Å². The van der Waals surface area contributed by atoms with Crippen LogP contribution in [0.25, 0.3) is 87.6 Å². The molecule has 0 N–H and O–H groups in total. The van der Waals surface area contributed by atoms with Crippen molar-refractivity contribution in [2.75, 3.05) is 0 Å². The molecule has 0 saturated heterocycles. The van der Waals surface area contributed by atoms with Crippen molar-refractivity contribution in [3.8, 4) is 33.4 Å². The van der Waals surface area contributed by atoms with Crippen molar-refractivity contribution in [3.05, 3.63) is 158 Å². The van der Waals surface area contributed by atoms with Gasteiger partial charge in [-0.3, -0.25) is 0 Å². The predicted molar refractivity (Wildman–Crippen MR) is 183 cm³/mol. The standard InChI is InChI=1S/C42H26O/c1-2-11-27(12-3-1)28-21-23-30(24-22-28)39-32-15-6-8-17-34(32)40(35-18-9-7-16-33(35)39)36-19-10-20-37-41-31-14-5-4-13-29(31)25-26-38(41)43-42(36)37/h1-26H/i1D,2D,3D,11D,12D. The minimum absolute atomic E-state index is 0.198. The Morgan fingerprint density at radius 1 is 0.419 bits per heavy atom. The van der Waals surface area contributed by atoms with Gasteiger partial charge in [0.25, 0.3) is 0 Å². The molecule has 0 radical (unpaired) electrons. The van der Waals surface area contributed by atoms with Gasteiger partial charge in [-0.15, -0.1) is 0 Å². The van der Waals surface area contributed by atoms with Gasteiger partial charge in [-0.25, -0.2) is 0 Å². The summed E-state index contributed by atoms with van der Waals surface area (Å²) in [6, 6.07) is 42.1. The zero-order valence-corrected chi connectivity index (χ0v) is 23.0. The molecule has 0 amide bonds. The first-order valence-corrected chi connectivity index (χ1v) is 14.4. The van der Waals surface area contributed by atoms with Crippen LogP contribution in [0.2, 0.25) is 0 Å². The van der Waals surface area contributed by atoms with Crippen LogP contribution in [-0.2, 0) is 0 Å². The normalized spacial score (nSPS) is 13.3. The first kappa shape index (κ1) is 19.5. The third-order valence-corrected chi connectivity index (χ3v) is 8.55. The van der Waals surface area contributed by atoms with Crippen molar-refractivity contribution in [2.24, 2.45) is 0 Å². The van der Waals surface area contributed by atoms with Crippen molar-refractivity contribution < 1.29 is 11.3 Å². The Kier molecular flexibility index (Phi) is 4.27. The number of benzene rings is 8. The average molecular weight is 552 g/mol. The number of fused-ring (bicyclic) bond motifs is 7. The van der Waals surface area contributed by atoms with E-state index in [0.29, 0.717) is 5.56 Å². The smallest absolute Gasteiger partial charge is 0.143 e. The van der Waals surface area contributed by atoms with E-state index >= 15 is 0 Å². The van der Waals surface area contributed by atoms with Crippen molar-refractivity contribution in [1.82, 2.24) is 0 Å². The van der Waals surface area contributed by atoms with Gasteiger partial charge in [0, 0.05) is 21.9 Å². The molecule has 0 spiro atoms. The fourth-order valence-corrected chi connectivity index (χ4v) is 6.69. The number of hydrogen-bond acceptors (Lipinski definition) is 1. The molecule has 0 fully saturated rings. The summed E-state index contributed by atoms with van der Waals surface area (Å²) in [5.74, 6) is 0. The third kappa shape index (κ3) is 3.65. The summed E-state index contributed by atoms with van der Waals surface area (Å²) < 4.78 is 47.9. The van der Waals surface area contributed by atoms with Gasteiger partial charge in [0.2, 0.25) is 0 Å². The number of rotatable bonds is 3. The Morgan fingerprint density at radius 2 is 1.00 bits per heavy atom. The van der Waals surface area contributed by atoms with Crippen LogP contribution in [0.1, 0.15) is 6.85 Å². The molecule has 1 heterocycles. The Morgan fingerprint density at radius 3 is 1.70 bits per heavy atom. The minimum atomic E-state index is -0.393. The van der Waals surface area contributed by atoms with Crippen LogP contribution in [0.4, 0.5) is 0 Å². The van der Waals surface area contributed by atoms with Crippen LogP contribution in [0.5, 0.6) is 0 Å². The summed E-state index contributed by atoms with van der Waals surface area (Å²) in [5, 5.41) is 8.91. The summed E-state index contributed by atoms with van der Waals surface area (Å²) in [6.45, 7) is 0. The number of para-hydroxylation sites is 1. The maximum Gasteiger partial charge on any atom is 0.143 e. The largest absolute Gasteiger partial charge is 0.455 e. The molecular formula is C42H26O. The van der Waals surface area contributed by atoms with Crippen LogP contribution in [0, 0.1) is 0 Å². The molecule has 0 aliphatic rings. The molecule has 0 aliphatic heterocycles. The van der Waals surface area contributed by atoms with Gasteiger partial charge in [0.15, 0.2) is 0 Å². The SMILES string of the molecule is [2H]c1c([2H])c([2H])c(-c2ccc(-c3c4ccccc4c(-c4cccc5c4oc4ccc6ccccc6c45)c4ccccc34)cc2)c([2H])c1[2H]. The van der Waals surface area contributed by atoms with E-state index in [-0.39, 0.29) is 29.7 Å². The maximum absolute atomic E-state index is 8.46. The van der Waals surface area contributed by atoms with E-state index in [9.17, 15) is 0 Å². The molecule has 1 nitrogen and oxygen atoms in total. The lowest BCUT2D eigenvalue weighted by molar-refractivity contribution is 0.670. The Bertz CT molecular complexity index is 2690. The fraction of sp³-hybridized carbons (Fsp3) is 0. The van der Waals surface area contributed by atoms with Crippen LogP contribution in [0.3, 0.4) is 0 Å². The molecule has 0 saturated carbocycles. The molecule has 1 heteroatoms. The van der Waals surface area contributed by atoms with E-state index in [1.807, 2.05) is 24.3 Å². The first-order chi connectivity index (χ1) is 23.4. The highest BCUT2D eigenvalue weighted by Crippen LogP contribution is 2.47. The minimum Gasteiger partial charge on any atom is -0.455 e. The molecule has 9 aromatic rings. The summed E-state index contributed by atoms with van der Waals surface area (Å²) in [6.07, 6.45) is 0. The van der Waals surface area contributed by atoms with E-state index < -0.39 is 6.04 Å². The van der Waals surface area contributed by atoms with Gasteiger partial charge < -0.3 is 4.42 Å². The molecule has 200 valence electrons. The Hall–Kier alpha value is -5.66. The quantitative estimate of drug-likeness (QED) is 0.199. The predicted octanol–water partition coefficient (Wildman–Crippen LogP) is 12.0. The highest BCUT2D eigenvalue weighted by Gasteiger charge is 2.20. The summed E-state index contributed by atoms with van der Waals surface area (Å²) >= 11 is 0. The third-order valence-electron chi connectivity index (χ3n) is 8.55. The fourth-order valence-electron chi connectivity index (χ4n) is 6.69. The highest BCUT2D eigenvalue weighted by atomic mass is 16.3. The second-order valence-corrected chi connectivity index (χ2v) is 10.9. The van der Waals surface area contributed by atoms with Gasteiger partial charge >= 0.3 is 0 Å². The van der Waals surface area contributed by atoms with Crippen LogP contribution < -0.4 is 0 Å². The number of hydrogen-bond donors (Lipinski definition) is 0. The zero-order chi connectivity index (χ0) is 32.7. The monoisotopic (exact) mass is 551 g/mol. The van der Waals surface area contributed by atoms with E-state index in [1.54, 1.807) is 0 Å². The van der Waals surface area contributed by atoms with E-state index in [4.69, 9.17) is 11.3 Å². The molecule has 1 aromatic heterocycles. The average Bonchev–Trinajstić information content (AvgIpc) is 3.52. The number of furan rings is 1. The highest BCUT2D eigenvalue weighted by molar-refractivity contribution is 6.26. The van der Waals surface area contributed by atoms with Crippen molar-refractivity contribution in [2.45, 2.75) is 0 Å². The van der Waals surface area contributed by atoms with E-state index in [2.05, 4.69) is 103 Å². The van der Waals surface area contributed by atoms with Crippen LogP contribution >= 0.6 is 0 Å². The van der Waals surface area contributed by atoms with Crippen molar-refractivity contribution in [3.63, 3.8) is 0 Å². The lowest BCUT2D eigenvalue weighted by atomic mass is 9.85. The Balaban J connectivity index is 1.30. The van der Waals surface area contributed by atoms with Crippen LogP contribution in [-0.4, -0.2) is 0 Å². The summed E-state index contributed by atoms with van der Waals surface area (Å²) in [7, 11) is 0. The summed E-state index contributed by atoms with van der Waals surface area (Å²) in [4.78, 5) is 0. The maximum atomic E-state index is 8.46. The lowest BCUT2D eigenvalue weighted by Gasteiger charge is -2.18. The lowest BCUT2D eigenvalue weighted by Crippen LogP contribution is -1.91. The van der Waals surface area contributed by atoms with Gasteiger partial charge in [0.1, 0.15) is 11.2 Å². The van der Waals surface area contributed by atoms with Crippen molar-refractivity contribution >= 4 is 54.3 Å².